The lowest BCUT2D eigenvalue weighted by atomic mass is 9.96. The van der Waals surface area contributed by atoms with Crippen molar-refractivity contribution in [2.24, 2.45) is 0 Å². The van der Waals surface area contributed by atoms with E-state index in [9.17, 15) is 4.79 Å². The fourth-order valence-electron chi connectivity index (χ4n) is 5.32. The lowest BCUT2D eigenvalue weighted by Crippen LogP contribution is -2.50. The number of nitrogens with zero attached hydrogens (tertiary/aromatic N) is 3. The maximum absolute atomic E-state index is 13.8. The zero-order valence-electron chi connectivity index (χ0n) is 20.5. The van der Waals surface area contributed by atoms with Crippen molar-refractivity contribution in [3.05, 3.63) is 119 Å². The van der Waals surface area contributed by atoms with Crippen LogP contribution in [0.5, 0.6) is 0 Å². The van der Waals surface area contributed by atoms with Gasteiger partial charge in [0.05, 0.1) is 24.0 Å². The number of piperazine rings is 1. The number of carbonyl (C=O) groups is 1. The van der Waals surface area contributed by atoms with Crippen molar-refractivity contribution in [1.82, 2.24) is 9.80 Å². The van der Waals surface area contributed by atoms with Gasteiger partial charge in [0.1, 0.15) is 0 Å². The van der Waals surface area contributed by atoms with E-state index in [0.29, 0.717) is 11.6 Å². The number of carbonyl (C=O) groups excluding carboxylic acids is 1. The van der Waals surface area contributed by atoms with Crippen molar-refractivity contribution < 1.29 is 4.79 Å². The molecule has 2 aliphatic rings. The van der Waals surface area contributed by atoms with E-state index in [2.05, 4.69) is 76.5 Å². The first-order valence-electron chi connectivity index (χ1n) is 12.6. The van der Waals surface area contributed by atoms with Crippen molar-refractivity contribution in [3.8, 4) is 0 Å². The number of hydrogen-bond donors (Lipinski definition) is 0. The quantitative estimate of drug-likeness (QED) is 0.284. The summed E-state index contributed by atoms with van der Waals surface area (Å²) in [5.74, 6) is 0.0763. The van der Waals surface area contributed by atoms with E-state index in [0.717, 1.165) is 47.3 Å². The second kappa shape index (κ2) is 10.7. The van der Waals surface area contributed by atoms with Crippen LogP contribution in [0.1, 0.15) is 17.2 Å². The Morgan fingerprint density at radius 3 is 2.00 bits per heavy atom. The average Bonchev–Trinajstić information content (AvgIpc) is 2.94. The number of para-hydroxylation sites is 1. The monoisotopic (exact) mass is 525 g/mol. The Kier molecular flexibility index (Phi) is 7.03. The SMILES string of the molecule is O=C(CN1CCN(C(c2ccccc2)c2ccccc2)CC1)N1c2ccccc2Sc2ccc(Cl)cc21. The molecule has 0 radical (unpaired) electrons. The Morgan fingerprint density at radius 1 is 0.730 bits per heavy atom. The van der Waals surface area contributed by atoms with E-state index >= 15 is 0 Å². The lowest BCUT2D eigenvalue weighted by Gasteiger charge is -2.40. The number of benzene rings is 4. The average molecular weight is 526 g/mol. The summed E-state index contributed by atoms with van der Waals surface area (Å²) < 4.78 is 0. The molecule has 0 aliphatic carbocycles. The van der Waals surface area contributed by atoms with Crippen LogP contribution < -0.4 is 4.90 Å². The Hall–Kier alpha value is -3.09. The second-order valence-electron chi connectivity index (χ2n) is 9.45. The van der Waals surface area contributed by atoms with Crippen molar-refractivity contribution in [2.75, 3.05) is 37.6 Å². The van der Waals surface area contributed by atoms with Gasteiger partial charge >= 0.3 is 0 Å². The van der Waals surface area contributed by atoms with Gasteiger partial charge in [0, 0.05) is 41.0 Å². The van der Waals surface area contributed by atoms with E-state index in [-0.39, 0.29) is 11.9 Å². The van der Waals surface area contributed by atoms with Crippen molar-refractivity contribution in [3.63, 3.8) is 0 Å². The zero-order chi connectivity index (χ0) is 25.2. The molecule has 4 aromatic rings. The van der Waals surface area contributed by atoms with E-state index in [4.69, 9.17) is 11.6 Å². The summed E-state index contributed by atoms with van der Waals surface area (Å²) in [6.45, 7) is 3.86. The van der Waals surface area contributed by atoms with Gasteiger partial charge < -0.3 is 0 Å². The maximum atomic E-state index is 13.8. The molecule has 0 bridgehead atoms. The van der Waals surface area contributed by atoms with E-state index in [1.807, 2.05) is 41.3 Å². The standard InChI is InChI=1S/C31H28ClN3OS/c32-25-15-16-29-27(21-25)35(26-13-7-8-14-28(26)37-29)30(36)22-33-17-19-34(20-18-33)31(23-9-3-1-4-10-23)24-11-5-2-6-12-24/h1-16,21,31H,17-20,22H2. The molecule has 1 fully saturated rings. The first kappa shape index (κ1) is 24.3. The molecule has 2 heterocycles. The molecule has 0 aromatic heterocycles. The number of anilines is 2. The predicted octanol–water partition coefficient (Wildman–Crippen LogP) is 6.88. The minimum Gasteiger partial charge on any atom is -0.292 e. The highest BCUT2D eigenvalue weighted by molar-refractivity contribution is 7.99. The lowest BCUT2D eigenvalue weighted by molar-refractivity contribution is -0.119. The van der Waals surface area contributed by atoms with Crippen LogP contribution >= 0.6 is 23.4 Å². The van der Waals surface area contributed by atoms with Crippen LogP contribution in [0.15, 0.2) is 113 Å². The van der Waals surface area contributed by atoms with Crippen LogP contribution in [0.25, 0.3) is 0 Å². The van der Waals surface area contributed by atoms with Crippen LogP contribution in [0, 0.1) is 0 Å². The van der Waals surface area contributed by atoms with Crippen molar-refractivity contribution in [1.29, 1.82) is 0 Å². The number of amides is 1. The molecule has 0 unspecified atom stereocenters. The molecule has 4 aromatic carbocycles. The Balaban J connectivity index is 1.19. The van der Waals surface area contributed by atoms with Crippen LogP contribution in [0.2, 0.25) is 5.02 Å². The molecule has 1 saturated heterocycles. The minimum absolute atomic E-state index is 0.0763. The summed E-state index contributed by atoms with van der Waals surface area (Å²) >= 11 is 8.03. The van der Waals surface area contributed by atoms with Crippen molar-refractivity contribution >= 4 is 40.6 Å². The zero-order valence-corrected chi connectivity index (χ0v) is 22.0. The topological polar surface area (TPSA) is 26.8 Å². The number of fused-ring (bicyclic) bond motifs is 2. The van der Waals surface area contributed by atoms with Crippen LogP contribution in [0.4, 0.5) is 11.4 Å². The van der Waals surface area contributed by atoms with Gasteiger partial charge in [-0.1, -0.05) is 96.2 Å². The Morgan fingerprint density at radius 2 is 1.32 bits per heavy atom. The summed E-state index contributed by atoms with van der Waals surface area (Å²) in [4.78, 5) is 22.6. The molecule has 0 N–H and O–H groups in total. The highest BCUT2D eigenvalue weighted by Crippen LogP contribution is 2.48. The molecule has 0 saturated carbocycles. The highest BCUT2D eigenvalue weighted by atomic mass is 35.5. The van der Waals surface area contributed by atoms with Crippen LogP contribution in [-0.2, 0) is 4.79 Å². The highest BCUT2D eigenvalue weighted by Gasteiger charge is 2.31. The molecule has 0 atom stereocenters. The Labute approximate surface area is 227 Å². The van der Waals surface area contributed by atoms with Gasteiger partial charge in [0.2, 0.25) is 5.91 Å². The first-order valence-corrected chi connectivity index (χ1v) is 13.8. The smallest absolute Gasteiger partial charge is 0.245 e. The maximum Gasteiger partial charge on any atom is 0.245 e. The summed E-state index contributed by atoms with van der Waals surface area (Å²) in [7, 11) is 0. The van der Waals surface area contributed by atoms with Gasteiger partial charge in [-0.2, -0.15) is 0 Å². The van der Waals surface area contributed by atoms with Crippen LogP contribution in [-0.4, -0.2) is 48.4 Å². The molecular weight excluding hydrogens is 498 g/mol. The number of halogens is 1. The summed E-state index contributed by atoms with van der Waals surface area (Å²) in [6, 6.07) is 35.5. The fourth-order valence-corrected chi connectivity index (χ4v) is 6.53. The molecule has 6 rings (SSSR count). The van der Waals surface area contributed by atoms with Crippen LogP contribution in [0.3, 0.4) is 0 Å². The number of hydrogen-bond acceptors (Lipinski definition) is 4. The van der Waals surface area contributed by atoms with E-state index in [1.165, 1.54) is 11.1 Å². The summed E-state index contributed by atoms with van der Waals surface area (Å²) in [5.41, 5.74) is 4.40. The van der Waals surface area contributed by atoms with Crippen molar-refractivity contribution in [2.45, 2.75) is 15.8 Å². The molecular formula is C31H28ClN3OS. The largest absolute Gasteiger partial charge is 0.292 e. The van der Waals surface area contributed by atoms with Gasteiger partial charge in [0.25, 0.3) is 0 Å². The normalized spacial score (nSPS) is 15.9. The third-order valence-corrected chi connectivity index (χ3v) is 8.46. The fraction of sp³-hybridized carbons (Fsp3) is 0.194. The summed E-state index contributed by atoms with van der Waals surface area (Å²) in [5, 5.41) is 0.637. The predicted molar refractivity (Wildman–Crippen MR) is 152 cm³/mol. The minimum atomic E-state index is 0.0763. The number of rotatable bonds is 5. The van der Waals surface area contributed by atoms with Gasteiger partial charge in [0.15, 0.2) is 0 Å². The van der Waals surface area contributed by atoms with Gasteiger partial charge in [-0.15, -0.1) is 0 Å². The molecule has 2 aliphatic heterocycles. The third-order valence-electron chi connectivity index (χ3n) is 7.10. The molecule has 1 amide bonds. The van der Waals surface area contributed by atoms with E-state index in [1.54, 1.807) is 11.8 Å². The van der Waals surface area contributed by atoms with Gasteiger partial charge in [-0.05, 0) is 41.5 Å². The molecule has 0 spiro atoms. The molecule has 4 nitrogen and oxygen atoms in total. The van der Waals surface area contributed by atoms with Gasteiger partial charge in [-0.3, -0.25) is 19.5 Å². The molecule has 6 heteroatoms. The first-order chi connectivity index (χ1) is 18.2. The summed E-state index contributed by atoms with van der Waals surface area (Å²) in [6.07, 6.45) is 0. The molecule has 186 valence electrons. The second-order valence-corrected chi connectivity index (χ2v) is 11.0. The van der Waals surface area contributed by atoms with E-state index < -0.39 is 0 Å². The Bertz CT molecular complexity index is 1350. The molecule has 37 heavy (non-hydrogen) atoms. The van der Waals surface area contributed by atoms with Gasteiger partial charge in [-0.25, -0.2) is 0 Å². The third kappa shape index (κ3) is 5.05.